The van der Waals surface area contributed by atoms with Gasteiger partial charge in [-0.15, -0.1) is 0 Å². The Bertz CT molecular complexity index is 932. The second-order valence-electron chi connectivity index (χ2n) is 8.30. The van der Waals surface area contributed by atoms with Gasteiger partial charge in [-0.3, -0.25) is 9.59 Å². The number of methoxy groups -OCH3 is 1. The fourth-order valence-corrected chi connectivity index (χ4v) is 4.19. The summed E-state index contributed by atoms with van der Waals surface area (Å²) in [5.41, 5.74) is 6.84. The molecule has 0 spiro atoms. The van der Waals surface area contributed by atoms with E-state index >= 15 is 0 Å². The number of ether oxygens (including phenoxy) is 2. The van der Waals surface area contributed by atoms with E-state index in [1.165, 1.54) is 12.1 Å². The SMILES string of the molecule is COc1ccc(C)cc1CC(=O)N1CCC[C@](COc2ccc(F)cc2)(CC(N)=O)C1. The van der Waals surface area contributed by atoms with E-state index in [0.29, 0.717) is 31.0 Å². The van der Waals surface area contributed by atoms with Gasteiger partial charge in [0.1, 0.15) is 17.3 Å². The molecule has 0 radical (unpaired) electrons. The molecule has 2 aromatic rings. The molecule has 1 fully saturated rings. The predicted molar refractivity (Wildman–Crippen MR) is 115 cm³/mol. The van der Waals surface area contributed by atoms with Crippen LogP contribution < -0.4 is 15.2 Å². The minimum absolute atomic E-state index is 0.0285. The Balaban J connectivity index is 1.73. The van der Waals surface area contributed by atoms with Crippen molar-refractivity contribution in [2.75, 3.05) is 26.8 Å². The van der Waals surface area contributed by atoms with E-state index in [9.17, 15) is 14.0 Å². The van der Waals surface area contributed by atoms with Crippen LogP contribution in [0, 0.1) is 18.2 Å². The zero-order valence-electron chi connectivity index (χ0n) is 18.0. The van der Waals surface area contributed by atoms with Crippen molar-refractivity contribution >= 4 is 11.8 Å². The molecule has 1 heterocycles. The van der Waals surface area contributed by atoms with Crippen LogP contribution in [0.5, 0.6) is 11.5 Å². The molecule has 1 atom stereocenters. The zero-order valence-corrected chi connectivity index (χ0v) is 18.0. The van der Waals surface area contributed by atoms with Crippen LogP contribution in [0.2, 0.25) is 0 Å². The molecular formula is C24H29FN2O4. The third-order valence-corrected chi connectivity index (χ3v) is 5.70. The normalized spacial score (nSPS) is 18.5. The highest BCUT2D eigenvalue weighted by atomic mass is 19.1. The molecular weight excluding hydrogens is 399 g/mol. The van der Waals surface area contributed by atoms with Crippen LogP contribution in [0.15, 0.2) is 42.5 Å². The van der Waals surface area contributed by atoms with E-state index in [1.807, 2.05) is 25.1 Å². The van der Waals surface area contributed by atoms with Gasteiger partial charge in [0.05, 0.1) is 20.1 Å². The van der Waals surface area contributed by atoms with Gasteiger partial charge in [0, 0.05) is 30.5 Å². The molecule has 0 aliphatic carbocycles. The second-order valence-corrected chi connectivity index (χ2v) is 8.30. The van der Waals surface area contributed by atoms with Crippen molar-refractivity contribution in [3.8, 4) is 11.5 Å². The van der Waals surface area contributed by atoms with E-state index in [1.54, 1.807) is 24.1 Å². The average molecular weight is 429 g/mol. The van der Waals surface area contributed by atoms with Gasteiger partial charge in [0.2, 0.25) is 11.8 Å². The quantitative estimate of drug-likeness (QED) is 0.700. The number of hydrogen-bond acceptors (Lipinski definition) is 4. The molecule has 3 rings (SSSR count). The fourth-order valence-electron chi connectivity index (χ4n) is 4.19. The molecule has 7 heteroatoms. The van der Waals surface area contributed by atoms with Crippen LogP contribution in [0.3, 0.4) is 0 Å². The number of nitrogens with zero attached hydrogens (tertiary/aromatic N) is 1. The predicted octanol–water partition coefficient (Wildman–Crippen LogP) is 3.25. The summed E-state index contributed by atoms with van der Waals surface area (Å²) < 4.78 is 24.4. The van der Waals surface area contributed by atoms with Gasteiger partial charge in [-0.2, -0.15) is 0 Å². The van der Waals surface area contributed by atoms with Crippen molar-refractivity contribution in [3.63, 3.8) is 0 Å². The van der Waals surface area contributed by atoms with Gasteiger partial charge < -0.3 is 20.1 Å². The van der Waals surface area contributed by atoms with Crippen LogP contribution in [0.4, 0.5) is 4.39 Å². The van der Waals surface area contributed by atoms with Crippen molar-refractivity contribution in [3.05, 3.63) is 59.4 Å². The van der Waals surface area contributed by atoms with Crippen molar-refractivity contribution in [1.82, 2.24) is 4.90 Å². The van der Waals surface area contributed by atoms with Crippen LogP contribution >= 0.6 is 0 Å². The Morgan fingerprint density at radius 3 is 2.61 bits per heavy atom. The lowest BCUT2D eigenvalue weighted by Gasteiger charge is -2.42. The van der Waals surface area contributed by atoms with Crippen molar-refractivity contribution < 1.29 is 23.5 Å². The molecule has 0 saturated carbocycles. The van der Waals surface area contributed by atoms with Gasteiger partial charge in [0.15, 0.2) is 0 Å². The minimum atomic E-state index is -0.579. The summed E-state index contributed by atoms with van der Waals surface area (Å²) >= 11 is 0. The molecule has 0 aromatic heterocycles. The summed E-state index contributed by atoms with van der Waals surface area (Å²) in [7, 11) is 1.59. The van der Waals surface area contributed by atoms with E-state index in [4.69, 9.17) is 15.2 Å². The molecule has 2 aromatic carbocycles. The number of carbonyl (C=O) groups is 2. The number of benzene rings is 2. The van der Waals surface area contributed by atoms with Crippen LogP contribution in [-0.2, 0) is 16.0 Å². The molecule has 0 unspecified atom stereocenters. The Morgan fingerprint density at radius 1 is 1.19 bits per heavy atom. The molecule has 1 aliphatic rings. The number of amides is 2. The molecule has 166 valence electrons. The van der Waals surface area contributed by atoms with Crippen molar-refractivity contribution in [2.45, 2.75) is 32.6 Å². The smallest absolute Gasteiger partial charge is 0.227 e. The van der Waals surface area contributed by atoms with Gasteiger partial charge in [-0.25, -0.2) is 4.39 Å². The van der Waals surface area contributed by atoms with Gasteiger partial charge in [-0.1, -0.05) is 17.7 Å². The molecule has 1 aliphatic heterocycles. The summed E-state index contributed by atoms with van der Waals surface area (Å²) in [5, 5.41) is 0. The molecule has 1 saturated heterocycles. The van der Waals surface area contributed by atoms with E-state index < -0.39 is 11.3 Å². The largest absolute Gasteiger partial charge is 0.496 e. The van der Waals surface area contributed by atoms with E-state index in [2.05, 4.69) is 0 Å². The molecule has 31 heavy (non-hydrogen) atoms. The van der Waals surface area contributed by atoms with Gasteiger partial charge >= 0.3 is 0 Å². The Morgan fingerprint density at radius 2 is 1.94 bits per heavy atom. The van der Waals surface area contributed by atoms with E-state index in [0.717, 1.165) is 17.5 Å². The standard InChI is InChI=1S/C24H29FN2O4/c1-17-4-9-21(30-2)18(12-17)13-23(29)27-11-3-10-24(15-27,14-22(26)28)16-31-20-7-5-19(25)6-8-20/h4-9,12H,3,10-11,13-16H2,1-2H3,(H2,26,28)/t24-/m0/s1. The van der Waals surface area contributed by atoms with Gasteiger partial charge in [-0.05, 0) is 50.1 Å². The summed E-state index contributed by atoms with van der Waals surface area (Å²) in [6.45, 7) is 3.19. The summed E-state index contributed by atoms with van der Waals surface area (Å²) in [6, 6.07) is 11.5. The third kappa shape index (κ3) is 5.96. The first-order valence-corrected chi connectivity index (χ1v) is 10.4. The highest BCUT2D eigenvalue weighted by Gasteiger charge is 2.39. The Labute approximate surface area is 182 Å². The van der Waals surface area contributed by atoms with Gasteiger partial charge in [0.25, 0.3) is 0 Å². The lowest BCUT2D eigenvalue weighted by atomic mass is 9.77. The second kappa shape index (κ2) is 9.81. The summed E-state index contributed by atoms with van der Waals surface area (Å²) in [4.78, 5) is 26.7. The minimum Gasteiger partial charge on any atom is -0.496 e. The number of primary amides is 1. The lowest BCUT2D eigenvalue weighted by Crippen LogP contribution is -2.50. The summed E-state index contributed by atoms with van der Waals surface area (Å²) in [6.07, 6.45) is 1.80. The van der Waals surface area contributed by atoms with Crippen LogP contribution in [-0.4, -0.2) is 43.5 Å². The van der Waals surface area contributed by atoms with Crippen molar-refractivity contribution in [1.29, 1.82) is 0 Å². The maximum Gasteiger partial charge on any atom is 0.227 e. The number of likely N-dealkylation sites (tertiary alicyclic amines) is 1. The first kappa shape index (κ1) is 22.6. The summed E-state index contributed by atoms with van der Waals surface area (Å²) in [5.74, 6) is 0.383. The zero-order chi connectivity index (χ0) is 22.4. The average Bonchev–Trinajstić information content (AvgIpc) is 2.73. The van der Waals surface area contributed by atoms with Crippen LogP contribution in [0.1, 0.15) is 30.4 Å². The maximum absolute atomic E-state index is 13.2. The first-order chi connectivity index (χ1) is 14.8. The number of nitrogens with two attached hydrogens (primary N) is 1. The molecule has 6 nitrogen and oxygen atoms in total. The Kier molecular flexibility index (Phi) is 7.15. The molecule has 2 amide bonds. The number of hydrogen-bond donors (Lipinski definition) is 1. The van der Waals surface area contributed by atoms with E-state index in [-0.39, 0.29) is 31.2 Å². The molecule has 0 bridgehead atoms. The number of carbonyl (C=O) groups excluding carboxylic acids is 2. The number of piperidine rings is 1. The topological polar surface area (TPSA) is 81.9 Å². The Hall–Kier alpha value is -3.09. The number of halogens is 1. The third-order valence-electron chi connectivity index (χ3n) is 5.70. The maximum atomic E-state index is 13.2. The first-order valence-electron chi connectivity index (χ1n) is 10.4. The number of rotatable bonds is 8. The highest BCUT2D eigenvalue weighted by Crippen LogP contribution is 2.35. The lowest BCUT2D eigenvalue weighted by molar-refractivity contribution is -0.136. The fraction of sp³-hybridized carbons (Fsp3) is 0.417. The van der Waals surface area contributed by atoms with Crippen LogP contribution in [0.25, 0.3) is 0 Å². The number of aryl methyl sites for hydroxylation is 1. The molecule has 2 N–H and O–H groups in total. The highest BCUT2D eigenvalue weighted by molar-refractivity contribution is 5.80. The monoisotopic (exact) mass is 428 g/mol. The van der Waals surface area contributed by atoms with Crippen molar-refractivity contribution in [2.24, 2.45) is 11.1 Å².